The third kappa shape index (κ3) is 3.84. The molecule has 0 saturated carbocycles. The van der Waals surface area contributed by atoms with E-state index in [2.05, 4.69) is 0 Å². The molecule has 2 aromatic carbocycles. The summed E-state index contributed by atoms with van der Waals surface area (Å²) >= 11 is 6.26. The number of hydrogen-bond donors (Lipinski definition) is 0. The van der Waals surface area contributed by atoms with Crippen LogP contribution in [0.4, 0.5) is 0 Å². The van der Waals surface area contributed by atoms with E-state index in [4.69, 9.17) is 21.1 Å². The van der Waals surface area contributed by atoms with E-state index in [9.17, 15) is 13.2 Å². The molecule has 0 aliphatic carbocycles. The molecule has 9 heteroatoms. The van der Waals surface area contributed by atoms with Crippen LogP contribution in [0, 0.1) is 0 Å². The number of ether oxygens (including phenoxy) is 2. The lowest BCUT2D eigenvalue weighted by Crippen LogP contribution is -2.31. The molecule has 0 bridgehead atoms. The summed E-state index contributed by atoms with van der Waals surface area (Å²) in [5.74, 6) is 1.21. The zero-order valence-electron chi connectivity index (χ0n) is 17.6. The quantitative estimate of drug-likeness (QED) is 0.669. The molecule has 2 aromatic rings. The topological polar surface area (TPSA) is 76.2 Å². The molecule has 7 nitrogen and oxygen atoms in total. The van der Waals surface area contributed by atoms with Crippen LogP contribution in [0.3, 0.4) is 0 Å². The van der Waals surface area contributed by atoms with Gasteiger partial charge in [0.25, 0.3) is 5.91 Å². The highest BCUT2D eigenvalue weighted by molar-refractivity contribution is 7.89. The van der Waals surface area contributed by atoms with Gasteiger partial charge in [-0.2, -0.15) is 4.31 Å². The second-order valence-electron chi connectivity index (χ2n) is 8.32. The molecule has 5 rings (SSSR count). The summed E-state index contributed by atoms with van der Waals surface area (Å²) < 4.78 is 38.9. The SMILES string of the molecule is O=C(c1ccc(Cl)c(S(=O)(=O)N2CCCC2)c1)N1CCC[C@H]1c1ccc2c(c1)OCCO2. The van der Waals surface area contributed by atoms with Gasteiger partial charge < -0.3 is 14.4 Å². The Morgan fingerprint density at radius 2 is 1.69 bits per heavy atom. The number of likely N-dealkylation sites (tertiary alicyclic amines) is 1. The normalized spacial score (nSPS) is 21.2. The monoisotopic (exact) mass is 476 g/mol. The van der Waals surface area contributed by atoms with E-state index in [-0.39, 0.29) is 21.9 Å². The first-order valence-corrected chi connectivity index (χ1v) is 12.8. The van der Waals surface area contributed by atoms with Crippen LogP contribution < -0.4 is 9.47 Å². The molecule has 1 atom stereocenters. The second kappa shape index (κ2) is 8.57. The number of halogens is 1. The maximum absolute atomic E-state index is 13.4. The van der Waals surface area contributed by atoms with Gasteiger partial charge in [0.2, 0.25) is 10.0 Å². The highest BCUT2D eigenvalue weighted by atomic mass is 35.5. The number of hydrogen-bond acceptors (Lipinski definition) is 5. The summed E-state index contributed by atoms with van der Waals surface area (Å²) in [4.78, 5) is 15.3. The van der Waals surface area contributed by atoms with E-state index >= 15 is 0 Å². The Balaban J connectivity index is 1.43. The number of carbonyl (C=O) groups excluding carboxylic acids is 1. The number of amides is 1. The maximum Gasteiger partial charge on any atom is 0.254 e. The molecule has 3 heterocycles. The second-order valence-corrected chi connectivity index (χ2v) is 10.6. The Morgan fingerprint density at radius 3 is 2.47 bits per heavy atom. The lowest BCUT2D eigenvalue weighted by molar-refractivity contribution is 0.0735. The number of nitrogens with zero attached hydrogens (tertiary/aromatic N) is 2. The minimum atomic E-state index is -3.72. The van der Waals surface area contributed by atoms with E-state index < -0.39 is 10.0 Å². The minimum absolute atomic E-state index is 0.00185. The predicted octanol–water partition coefficient (Wildman–Crippen LogP) is 3.87. The number of fused-ring (bicyclic) bond motifs is 1. The van der Waals surface area contributed by atoms with Crippen molar-refractivity contribution < 1.29 is 22.7 Å². The molecule has 3 aliphatic heterocycles. The average molecular weight is 477 g/mol. The van der Waals surface area contributed by atoms with Crippen molar-refractivity contribution in [3.05, 3.63) is 52.5 Å². The van der Waals surface area contributed by atoms with Crippen LogP contribution in [0.2, 0.25) is 5.02 Å². The third-order valence-corrected chi connectivity index (χ3v) is 8.71. The lowest BCUT2D eigenvalue weighted by Gasteiger charge is -2.27. The predicted molar refractivity (Wildman–Crippen MR) is 120 cm³/mol. The van der Waals surface area contributed by atoms with Gasteiger partial charge in [0, 0.05) is 25.2 Å². The van der Waals surface area contributed by atoms with Crippen LogP contribution in [0.15, 0.2) is 41.3 Å². The Hall–Kier alpha value is -2.29. The highest BCUT2D eigenvalue weighted by Crippen LogP contribution is 2.39. The maximum atomic E-state index is 13.4. The van der Waals surface area contributed by atoms with Crippen molar-refractivity contribution in [3.8, 4) is 11.5 Å². The van der Waals surface area contributed by atoms with Gasteiger partial charge in [0.05, 0.1) is 11.1 Å². The molecule has 1 amide bonds. The summed E-state index contributed by atoms with van der Waals surface area (Å²) in [7, 11) is -3.72. The molecule has 0 aromatic heterocycles. The van der Waals surface area contributed by atoms with Gasteiger partial charge in [-0.25, -0.2) is 8.42 Å². The number of sulfonamides is 1. The van der Waals surface area contributed by atoms with Crippen molar-refractivity contribution in [3.63, 3.8) is 0 Å². The minimum Gasteiger partial charge on any atom is -0.486 e. The van der Waals surface area contributed by atoms with Crippen molar-refractivity contribution in [1.29, 1.82) is 0 Å². The summed E-state index contributed by atoms with van der Waals surface area (Å²) in [6.45, 7) is 2.60. The van der Waals surface area contributed by atoms with Gasteiger partial charge in [-0.15, -0.1) is 0 Å². The molecular weight excluding hydrogens is 452 g/mol. The van der Waals surface area contributed by atoms with E-state index in [1.54, 1.807) is 11.0 Å². The molecule has 0 spiro atoms. The van der Waals surface area contributed by atoms with Gasteiger partial charge in [-0.05, 0) is 61.6 Å². The molecular formula is C23H25ClN2O5S. The van der Waals surface area contributed by atoms with E-state index in [1.807, 2.05) is 18.2 Å². The van der Waals surface area contributed by atoms with Crippen molar-refractivity contribution in [1.82, 2.24) is 9.21 Å². The zero-order chi connectivity index (χ0) is 22.3. The van der Waals surface area contributed by atoms with Gasteiger partial charge >= 0.3 is 0 Å². The summed E-state index contributed by atoms with van der Waals surface area (Å²) in [6, 6.07) is 10.2. The molecule has 0 radical (unpaired) electrons. The number of rotatable bonds is 4. The summed E-state index contributed by atoms with van der Waals surface area (Å²) in [6.07, 6.45) is 3.37. The Bertz CT molecular complexity index is 1150. The van der Waals surface area contributed by atoms with Crippen LogP contribution in [0.25, 0.3) is 0 Å². The van der Waals surface area contributed by atoms with Crippen LogP contribution in [0.5, 0.6) is 11.5 Å². The Kier molecular flexibility index (Phi) is 5.77. The first-order chi connectivity index (χ1) is 15.4. The number of benzene rings is 2. The molecule has 32 heavy (non-hydrogen) atoms. The van der Waals surface area contributed by atoms with Crippen molar-refractivity contribution in [2.45, 2.75) is 36.6 Å². The molecule has 0 unspecified atom stereocenters. The first kappa shape index (κ1) is 21.6. The lowest BCUT2D eigenvalue weighted by atomic mass is 10.0. The standard InChI is InChI=1S/C23H25ClN2O5S/c24-18-7-5-17(15-22(18)32(28,29)25-9-1-2-10-25)23(27)26-11-3-4-19(26)16-6-8-20-21(14-16)31-13-12-30-20/h5-8,14-15,19H,1-4,9-13H2/t19-/m0/s1. The zero-order valence-corrected chi connectivity index (χ0v) is 19.2. The van der Waals surface area contributed by atoms with Crippen molar-refractivity contribution >= 4 is 27.5 Å². The van der Waals surface area contributed by atoms with Crippen molar-refractivity contribution in [2.75, 3.05) is 32.8 Å². The summed E-state index contributed by atoms with van der Waals surface area (Å²) in [5, 5.41) is 0.137. The fourth-order valence-corrected chi connectivity index (χ4v) is 6.71. The van der Waals surface area contributed by atoms with Crippen LogP contribution in [-0.2, 0) is 10.0 Å². The fourth-order valence-electron chi connectivity index (χ4n) is 4.69. The molecule has 3 aliphatic rings. The van der Waals surface area contributed by atoms with Crippen molar-refractivity contribution in [2.24, 2.45) is 0 Å². The largest absolute Gasteiger partial charge is 0.486 e. The van der Waals surface area contributed by atoms with E-state index in [0.717, 1.165) is 31.2 Å². The Labute approximate surface area is 192 Å². The van der Waals surface area contributed by atoms with Crippen LogP contribution in [-0.4, -0.2) is 56.4 Å². The van der Waals surface area contributed by atoms with E-state index in [0.29, 0.717) is 49.9 Å². The summed E-state index contributed by atoms with van der Waals surface area (Å²) in [5.41, 5.74) is 1.32. The average Bonchev–Trinajstić information content (AvgIpc) is 3.51. The van der Waals surface area contributed by atoms with Gasteiger partial charge in [0.15, 0.2) is 11.5 Å². The van der Waals surface area contributed by atoms with Crippen LogP contribution in [0.1, 0.15) is 47.6 Å². The van der Waals surface area contributed by atoms with Gasteiger partial charge in [-0.3, -0.25) is 4.79 Å². The first-order valence-electron chi connectivity index (χ1n) is 11.0. The molecule has 2 saturated heterocycles. The Morgan fingerprint density at radius 1 is 0.938 bits per heavy atom. The fraction of sp³-hybridized carbons (Fsp3) is 0.435. The van der Waals surface area contributed by atoms with Gasteiger partial charge in [0.1, 0.15) is 18.1 Å². The van der Waals surface area contributed by atoms with Gasteiger partial charge in [-0.1, -0.05) is 17.7 Å². The molecule has 170 valence electrons. The molecule has 0 N–H and O–H groups in total. The smallest absolute Gasteiger partial charge is 0.254 e. The third-order valence-electron chi connectivity index (χ3n) is 6.33. The number of carbonyl (C=O) groups is 1. The van der Waals surface area contributed by atoms with Crippen LogP contribution >= 0.6 is 11.6 Å². The highest BCUT2D eigenvalue weighted by Gasteiger charge is 2.34. The molecule has 2 fully saturated rings. The van der Waals surface area contributed by atoms with E-state index in [1.165, 1.54) is 16.4 Å².